The number of pyridine rings is 1. The molecule has 0 saturated carbocycles. The first-order valence-corrected chi connectivity index (χ1v) is 7.47. The molecule has 4 rings (SSSR count). The number of fused-ring (bicyclic) bond motifs is 2. The smallest absolute Gasteiger partial charge is 0.0711 e. The Morgan fingerprint density at radius 2 is 1.71 bits per heavy atom. The molecule has 1 aliphatic heterocycles. The van der Waals surface area contributed by atoms with Crippen molar-refractivity contribution in [2.75, 3.05) is 13.6 Å². The Morgan fingerprint density at radius 1 is 0.952 bits per heavy atom. The minimum absolute atomic E-state index is 0.984. The summed E-state index contributed by atoms with van der Waals surface area (Å²) in [4.78, 5) is 7.29. The van der Waals surface area contributed by atoms with Crippen molar-refractivity contribution in [1.82, 2.24) is 9.88 Å². The molecule has 1 aromatic heterocycles. The molecule has 0 unspecified atom stereocenters. The highest BCUT2D eigenvalue weighted by Gasteiger charge is 2.21. The number of hydrogen-bond donors (Lipinski definition) is 0. The van der Waals surface area contributed by atoms with Gasteiger partial charge in [-0.25, -0.2) is 0 Å². The van der Waals surface area contributed by atoms with Gasteiger partial charge in [-0.15, -0.1) is 0 Å². The number of likely N-dealkylation sites (N-methyl/N-ethyl adjacent to an activating group) is 1. The van der Waals surface area contributed by atoms with Crippen LogP contribution in [-0.4, -0.2) is 23.5 Å². The second-order valence-electron chi connectivity index (χ2n) is 5.78. The van der Waals surface area contributed by atoms with Gasteiger partial charge in [-0.3, -0.25) is 4.98 Å². The Morgan fingerprint density at radius 3 is 2.57 bits per heavy atom. The SMILES string of the molecule is CN1CCc2nc3ccccc3c(-c3ccccc3)c2C1. The van der Waals surface area contributed by atoms with E-state index in [1.165, 1.54) is 27.8 Å². The summed E-state index contributed by atoms with van der Waals surface area (Å²) in [7, 11) is 2.19. The van der Waals surface area contributed by atoms with Gasteiger partial charge in [-0.1, -0.05) is 48.5 Å². The van der Waals surface area contributed by atoms with Gasteiger partial charge in [0.2, 0.25) is 0 Å². The standard InChI is InChI=1S/C19H18N2/c1-21-12-11-18-16(13-21)19(14-7-3-2-4-8-14)15-9-5-6-10-17(15)20-18/h2-10H,11-13H2,1H3. The van der Waals surface area contributed by atoms with Crippen molar-refractivity contribution in [3.8, 4) is 11.1 Å². The molecule has 0 aliphatic carbocycles. The molecule has 0 amide bonds. The van der Waals surface area contributed by atoms with Gasteiger partial charge in [0, 0.05) is 30.6 Å². The fourth-order valence-corrected chi connectivity index (χ4v) is 3.26. The van der Waals surface area contributed by atoms with Crippen LogP contribution in [0.2, 0.25) is 0 Å². The molecular formula is C19H18N2. The van der Waals surface area contributed by atoms with E-state index in [9.17, 15) is 0 Å². The molecule has 2 heteroatoms. The minimum atomic E-state index is 0.984. The van der Waals surface area contributed by atoms with Crippen molar-refractivity contribution < 1.29 is 0 Å². The monoisotopic (exact) mass is 274 g/mol. The maximum absolute atomic E-state index is 4.91. The maximum atomic E-state index is 4.91. The molecule has 2 nitrogen and oxygen atoms in total. The van der Waals surface area contributed by atoms with Crippen LogP contribution in [0, 0.1) is 0 Å². The van der Waals surface area contributed by atoms with Crippen LogP contribution in [0.1, 0.15) is 11.3 Å². The summed E-state index contributed by atoms with van der Waals surface area (Å²) in [6.07, 6.45) is 1.04. The number of rotatable bonds is 1. The summed E-state index contributed by atoms with van der Waals surface area (Å²) in [5.74, 6) is 0. The molecule has 0 saturated heterocycles. The molecule has 0 atom stereocenters. The number of benzene rings is 2. The molecule has 0 fully saturated rings. The fraction of sp³-hybridized carbons (Fsp3) is 0.211. The fourth-order valence-electron chi connectivity index (χ4n) is 3.26. The van der Waals surface area contributed by atoms with Crippen LogP contribution in [0.4, 0.5) is 0 Å². The van der Waals surface area contributed by atoms with E-state index in [1.54, 1.807) is 0 Å². The zero-order valence-corrected chi connectivity index (χ0v) is 12.2. The van der Waals surface area contributed by atoms with Gasteiger partial charge in [0.15, 0.2) is 0 Å². The zero-order chi connectivity index (χ0) is 14.2. The van der Waals surface area contributed by atoms with E-state index in [0.717, 1.165) is 25.0 Å². The summed E-state index contributed by atoms with van der Waals surface area (Å²) in [6, 6.07) is 19.2. The second kappa shape index (κ2) is 4.97. The number of nitrogens with zero attached hydrogens (tertiary/aromatic N) is 2. The Balaban J connectivity index is 2.08. The lowest BCUT2D eigenvalue weighted by molar-refractivity contribution is 0.311. The molecular weight excluding hydrogens is 256 g/mol. The summed E-state index contributed by atoms with van der Waals surface area (Å²) >= 11 is 0. The van der Waals surface area contributed by atoms with E-state index in [0.29, 0.717) is 0 Å². The van der Waals surface area contributed by atoms with Crippen molar-refractivity contribution in [2.45, 2.75) is 13.0 Å². The third-order valence-corrected chi connectivity index (χ3v) is 4.30. The van der Waals surface area contributed by atoms with Crippen molar-refractivity contribution in [1.29, 1.82) is 0 Å². The molecule has 21 heavy (non-hydrogen) atoms. The maximum Gasteiger partial charge on any atom is 0.0711 e. The highest BCUT2D eigenvalue weighted by Crippen LogP contribution is 2.35. The molecule has 0 spiro atoms. The number of hydrogen-bond acceptors (Lipinski definition) is 2. The van der Waals surface area contributed by atoms with Gasteiger partial charge < -0.3 is 4.90 Å². The van der Waals surface area contributed by atoms with Crippen LogP contribution in [0.25, 0.3) is 22.0 Å². The number of aromatic nitrogens is 1. The molecule has 104 valence electrons. The summed E-state index contributed by atoms with van der Waals surface area (Å²) in [5, 5.41) is 1.26. The quantitative estimate of drug-likeness (QED) is 0.669. The van der Waals surface area contributed by atoms with Crippen LogP contribution in [-0.2, 0) is 13.0 Å². The third-order valence-electron chi connectivity index (χ3n) is 4.30. The van der Waals surface area contributed by atoms with E-state index in [1.807, 2.05) is 0 Å². The van der Waals surface area contributed by atoms with E-state index in [2.05, 4.69) is 66.5 Å². The van der Waals surface area contributed by atoms with Crippen LogP contribution < -0.4 is 0 Å². The van der Waals surface area contributed by atoms with Crippen molar-refractivity contribution in [3.63, 3.8) is 0 Å². The van der Waals surface area contributed by atoms with Crippen LogP contribution in [0.15, 0.2) is 54.6 Å². The van der Waals surface area contributed by atoms with Crippen LogP contribution >= 0.6 is 0 Å². The van der Waals surface area contributed by atoms with Gasteiger partial charge in [-0.05, 0) is 29.8 Å². The topological polar surface area (TPSA) is 16.1 Å². The Hall–Kier alpha value is -2.19. The second-order valence-corrected chi connectivity index (χ2v) is 5.78. The zero-order valence-electron chi connectivity index (χ0n) is 12.2. The summed E-state index contributed by atoms with van der Waals surface area (Å²) in [5.41, 5.74) is 6.43. The van der Waals surface area contributed by atoms with E-state index < -0.39 is 0 Å². The highest BCUT2D eigenvalue weighted by atomic mass is 15.1. The van der Waals surface area contributed by atoms with Gasteiger partial charge >= 0.3 is 0 Å². The van der Waals surface area contributed by atoms with E-state index >= 15 is 0 Å². The summed E-state index contributed by atoms with van der Waals surface area (Å²) in [6.45, 7) is 2.07. The molecule has 1 aliphatic rings. The average molecular weight is 274 g/mol. The Bertz CT molecular complexity index is 793. The van der Waals surface area contributed by atoms with Crippen LogP contribution in [0.5, 0.6) is 0 Å². The molecule has 2 aromatic carbocycles. The van der Waals surface area contributed by atoms with Crippen LogP contribution in [0.3, 0.4) is 0 Å². The molecule has 2 heterocycles. The Labute approximate surface area is 125 Å². The summed E-state index contributed by atoms with van der Waals surface area (Å²) < 4.78 is 0. The first-order valence-electron chi connectivity index (χ1n) is 7.47. The van der Waals surface area contributed by atoms with E-state index in [4.69, 9.17) is 4.98 Å². The minimum Gasteiger partial charge on any atom is -0.302 e. The van der Waals surface area contributed by atoms with Gasteiger partial charge in [0.05, 0.1) is 5.52 Å². The largest absolute Gasteiger partial charge is 0.302 e. The first kappa shape index (κ1) is 12.5. The predicted molar refractivity (Wildman–Crippen MR) is 87.2 cm³/mol. The average Bonchev–Trinajstić information content (AvgIpc) is 2.53. The van der Waals surface area contributed by atoms with Gasteiger partial charge in [-0.2, -0.15) is 0 Å². The molecule has 0 bridgehead atoms. The van der Waals surface area contributed by atoms with Gasteiger partial charge in [0.25, 0.3) is 0 Å². The lowest BCUT2D eigenvalue weighted by Gasteiger charge is -2.27. The molecule has 0 radical (unpaired) electrons. The Kier molecular flexibility index (Phi) is 2.97. The van der Waals surface area contributed by atoms with Crippen molar-refractivity contribution >= 4 is 10.9 Å². The lowest BCUT2D eigenvalue weighted by Crippen LogP contribution is -2.28. The van der Waals surface area contributed by atoms with Crippen molar-refractivity contribution in [2.24, 2.45) is 0 Å². The predicted octanol–water partition coefficient (Wildman–Crippen LogP) is 3.89. The number of para-hydroxylation sites is 1. The molecule has 0 N–H and O–H groups in total. The normalized spacial score (nSPS) is 15.1. The highest BCUT2D eigenvalue weighted by molar-refractivity contribution is 5.96. The third kappa shape index (κ3) is 2.12. The lowest BCUT2D eigenvalue weighted by atomic mass is 9.91. The van der Waals surface area contributed by atoms with Crippen molar-refractivity contribution in [3.05, 3.63) is 65.9 Å². The van der Waals surface area contributed by atoms with E-state index in [-0.39, 0.29) is 0 Å². The van der Waals surface area contributed by atoms with Gasteiger partial charge in [0.1, 0.15) is 0 Å². The first-order chi connectivity index (χ1) is 10.3. The molecule has 3 aromatic rings.